The van der Waals surface area contributed by atoms with E-state index >= 15 is 0 Å². The van der Waals surface area contributed by atoms with E-state index in [0.29, 0.717) is 13.0 Å². The number of hydrogen-bond acceptors (Lipinski definition) is 3. The van der Waals surface area contributed by atoms with E-state index in [4.69, 9.17) is 9.47 Å². The summed E-state index contributed by atoms with van der Waals surface area (Å²) in [6.45, 7) is 4.05. The Labute approximate surface area is 102 Å². The van der Waals surface area contributed by atoms with Gasteiger partial charge >= 0.3 is 0 Å². The molecule has 0 fully saturated rings. The molecule has 0 bridgehead atoms. The van der Waals surface area contributed by atoms with Crippen molar-refractivity contribution < 1.29 is 14.3 Å². The van der Waals surface area contributed by atoms with E-state index in [-0.39, 0.29) is 6.10 Å². The van der Waals surface area contributed by atoms with Crippen LogP contribution in [0.15, 0.2) is 36.9 Å². The van der Waals surface area contributed by atoms with Crippen molar-refractivity contribution in [2.75, 3.05) is 7.11 Å². The molecule has 1 atom stereocenters. The molecule has 0 unspecified atom stereocenters. The lowest BCUT2D eigenvalue weighted by molar-refractivity contribution is -0.119. The molecular weight excluding hydrogens is 216 g/mol. The summed E-state index contributed by atoms with van der Waals surface area (Å²) in [6.07, 6.45) is 3.74. The third-order valence-corrected chi connectivity index (χ3v) is 2.43. The highest BCUT2D eigenvalue weighted by Crippen LogP contribution is 2.13. The summed E-state index contributed by atoms with van der Waals surface area (Å²) in [6, 6.07) is 7.60. The third kappa shape index (κ3) is 4.83. The predicted octanol–water partition coefficient (Wildman–Crippen LogP) is 2.75. The first kappa shape index (κ1) is 13.5. The number of carbonyl (C=O) groups is 1. The molecule has 0 saturated heterocycles. The summed E-state index contributed by atoms with van der Waals surface area (Å²) in [4.78, 5) is 10.8. The number of rotatable bonds is 8. The monoisotopic (exact) mass is 234 g/mol. The molecule has 0 saturated carbocycles. The lowest BCUT2D eigenvalue weighted by Gasteiger charge is -2.11. The second-order valence-electron chi connectivity index (χ2n) is 3.70. The van der Waals surface area contributed by atoms with Crippen LogP contribution in [0.25, 0.3) is 0 Å². The van der Waals surface area contributed by atoms with Crippen LogP contribution in [0.4, 0.5) is 0 Å². The van der Waals surface area contributed by atoms with Gasteiger partial charge in [0.05, 0.1) is 13.7 Å². The Balaban J connectivity index is 2.41. The zero-order chi connectivity index (χ0) is 12.5. The molecule has 1 aromatic carbocycles. The average molecular weight is 234 g/mol. The fourth-order valence-electron chi connectivity index (χ4n) is 1.40. The van der Waals surface area contributed by atoms with Gasteiger partial charge in [-0.15, -0.1) is 6.58 Å². The van der Waals surface area contributed by atoms with Crippen LogP contribution in [0.3, 0.4) is 0 Å². The molecule has 92 valence electrons. The Bertz CT molecular complexity index is 343. The maximum atomic E-state index is 10.8. The van der Waals surface area contributed by atoms with Crippen LogP contribution in [0.1, 0.15) is 18.4 Å². The van der Waals surface area contributed by atoms with Crippen LogP contribution in [-0.2, 0) is 16.1 Å². The summed E-state index contributed by atoms with van der Waals surface area (Å²) in [7, 11) is 1.63. The Morgan fingerprint density at radius 2 is 2.06 bits per heavy atom. The van der Waals surface area contributed by atoms with Crippen molar-refractivity contribution in [3.05, 3.63) is 42.5 Å². The standard InChI is InChI=1S/C14H18O3/c1-3-4-5-14(10-15)17-11-12-6-8-13(16-2)9-7-12/h3,6-10,14H,1,4-5,11H2,2H3/t14-/m1/s1. The summed E-state index contributed by atoms with van der Waals surface area (Å²) < 4.78 is 10.6. The van der Waals surface area contributed by atoms with Gasteiger partial charge in [0.15, 0.2) is 0 Å². The molecule has 1 rings (SSSR count). The Morgan fingerprint density at radius 1 is 1.35 bits per heavy atom. The lowest BCUT2D eigenvalue weighted by Crippen LogP contribution is -2.13. The first-order valence-electron chi connectivity index (χ1n) is 5.61. The lowest BCUT2D eigenvalue weighted by atomic mass is 10.2. The van der Waals surface area contributed by atoms with Crippen molar-refractivity contribution in [1.29, 1.82) is 0 Å². The number of aldehydes is 1. The van der Waals surface area contributed by atoms with Gasteiger partial charge in [0.2, 0.25) is 0 Å². The van der Waals surface area contributed by atoms with Crippen LogP contribution in [-0.4, -0.2) is 19.5 Å². The van der Waals surface area contributed by atoms with Gasteiger partial charge in [0.1, 0.15) is 18.1 Å². The smallest absolute Gasteiger partial charge is 0.148 e. The van der Waals surface area contributed by atoms with Crippen molar-refractivity contribution in [2.24, 2.45) is 0 Å². The highest BCUT2D eigenvalue weighted by atomic mass is 16.5. The van der Waals surface area contributed by atoms with Crippen LogP contribution >= 0.6 is 0 Å². The van der Waals surface area contributed by atoms with Crippen LogP contribution in [0, 0.1) is 0 Å². The number of methoxy groups -OCH3 is 1. The first-order valence-corrected chi connectivity index (χ1v) is 5.61. The predicted molar refractivity (Wildman–Crippen MR) is 67.1 cm³/mol. The number of ether oxygens (including phenoxy) is 2. The number of benzene rings is 1. The molecule has 0 aliphatic carbocycles. The maximum absolute atomic E-state index is 10.8. The summed E-state index contributed by atoms with van der Waals surface area (Å²) in [5, 5.41) is 0. The van der Waals surface area contributed by atoms with Crippen molar-refractivity contribution in [3.8, 4) is 5.75 Å². The number of hydrogen-bond donors (Lipinski definition) is 0. The average Bonchev–Trinajstić information content (AvgIpc) is 2.39. The molecule has 0 heterocycles. The fourth-order valence-corrected chi connectivity index (χ4v) is 1.40. The second kappa shape index (κ2) is 7.63. The molecule has 3 heteroatoms. The SMILES string of the molecule is C=CCC[C@H](C=O)OCc1ccc(OC)cc1. The molecule has 0 amide bonds. The van der Waals surface area contributed by atoms with Crippen LogP contribution < -0.4 is 4.74 Å². The van der Waals surface area contributed by atoms with Gasteiger partial charge in [-0.3, -0.25) is 0 Å². The fraction of sp³-hybridized carbons (Fsp3) is 0.357. The van der Waals surface area contributed by atoms with E-state index in [2.05, 4.69) is 6.58 Å². The summed E-state index contributed by atoms with van der Waals surface area (Å²) in [5.74, 6) is 0.812. The summed E-state index contributed by atoms with van der Waals surface area (Å²) in [5.41, 5.74) is 1.02. The number of allylic oxidation sites excluding steroid dienone is 1. The molecule has 17 heavy (non-hydrogen) atoms. The van der Waals surface area contributed by atoms with Gasteiger partial charge in [-0.1, -0.05) is 18.2 Å². The van der Waals surface area contributed by atoms with Crippen molar-refractivity contribution in [3.63, 3.8) is 0 Å². The Hall–Kier alpha value is -1.61. The largest absolute Gasteiger partial charge is 0.497 e. The highest BCUT2D eigenvalue weighted by Gasteiger charge is 2.06. The quantitative estimate of drug-likeness (QED) is 0.512. The Kier molecular flexibility index (Phi) is 6.04. The third-order valence-electron chi connectivity index (χ3n) is 2.43. The molecular formula is C14H18O3. The van der Waals surface area contributed by atoms with E-state index < -0.39 is 0 Å². The van der Waals surface area contributed by atoms with Gasteiger partial charge in [0, 0.05) is 0 Å². The van der Waals surface area contributed by atoms with Gasteiger partial charge in [-0.2, -0.15) is 0 Å². The molecule has 1 aromatic rings. The van der Waals surface area contributed by atoms with Gasteiger partial charge in [0.25, 0.3) is 0 Å². The van der Waals surface area contributed by atoms with Crippen molar-refractivity contribution >= 4 is 6.29 Å². The Morgan fingerprint density at radius 3 is 2.59 bits per heavy atom. The van der Waals surface area contributed by atoms with Crippen LogP contribution in [0.5, 0.6) is 5.75 Å². The first-order chi connectivity index (χ1) is 8.30. The minimum Gasteiger partial charge on any atom is -0.497 e. The van der Waals surface area contributed by atoms with Crippen molar-refractivity contribution in [2.45, 2.75) is 25.6 Å². The van der Waals surface area contributed by atoms with Gasteiger partial charge in [-0.25, -0.2) is 0 Å². The molecule has 3 nitrogen and oxygen atoms in total. The van der Waals surface area contributed by atoms with Crippen LogP contribution in [0.2, 0.25) is 0 Å². The maximum Gasteiger partial charge on any atom is 0.148 e. The van der Waals surface area contributed by atoms with Gasteiger partial charge in [-0.05, 0) is 30.5 Å². The minimum atomic E-state index is -0.352. The van der Waals surface area contributed by atoms with Crippen molar-refractivity contribution in [1.82, 2.24) is 0 Å². The normalized spacial score (nSPS) is 11.8. The van der Waals surface area contributed by atoms with E-state index in [0.717, 1.165) is 24.0 Å². The van der Waals surface area contributed by atoms with E-state index in [9.17, 15) is 4.79 Å². The zero-order valence-electron chi connectivity index (χ0n) is 10.1. The topological polar surface area (TPSA) is 35.5 Å². The number of carbonyl (C=O) groups excluding carboxylic acids is 1. The molecule has 0 aromatic heterocycles. The van der Waals surface area contributed by atoms with Gasteiger partial charge < -0.3 is 14.3 Å². The second-order valence-corrected chi connectivity index (χ2v) is 3.70. The summed E-state index contributed by atoms with van der Waals surface area (Å²) >= 11 is 0. The van der Waals surface area contributed by atoms with E-state index in [1.807, 2.05) is 24.3 Å². The highest BCUT2D eigenvalue weighted by molar-refractivity contribution is 5.55. The molecule has 0 radical (unpaired) electrons. The molecule has 0 aliphatic rings. The zero-order valence-corrected chi connectivity index (χ0v) is 10.1. The van der Waals surface area contributed by atoms with E-state index in [1.54, 1.807) is 13.2 Å². The molecule has 0 N–H and O–H groups in total. The molecule has 0 aliphatic heterocycles. The van der Waals surface area contributed by atoms with E-state index in [1.165, 1.54) is 0 Å². The minimum absolute atomic E-state index is 0.352. The molecule has 0 spiro atoms.